The summed E-state index contributed by atoms with van der Waals surface area (Å²) in [6.07, 6.45) is 0. The molecule has 0 aliphatic heterocycles. The second-order valence-corrected chi connectivity index (χ2v) is 5.85. The van der Waals surface area contributed by atoms with Gasteiger partial charge < -0.3 is 10.4 Å². The number of carboxylic acids is 1. The second-order valence-electron chi connectivity index (χ2n) is 5.85. The van der Waals surface area contributed by atoms with E-state index in [1.165, 1.54) is 0 Å². The van der Waals surface area contributed by atoms with Crippen molar-refractivity contribution in [3.8, 4) is 0 Å². The van der Waals surface area contributed by atoms with Crippen molar-refractivity contribution < 1.29 is 19.5 Å². The number of aliphatic carboxylic acids is 1. The van der Waals surface area contributed by atoms with Crippen LogP contribution in [-0.2, 0) is 14.4 Å². The lowest BCUT2D eigenvalue weighted by molar-refractivity contribution is -0.141. The van der Waals surface area contributed by atoms with Gasteiger partial charge in [0.15, 0.2) is 0 Å². The number of carbonyl (C=O) groups excluding carboxylic acids is 2. The Hall–Kier alpha value is -0.580. The molecule has 26 heavy (non-hydrogen) atoms. The normalized spacial score (nSPS) is 12.3. The number of hydrogen-bond acceptors (Lipinski definition) is 6. The lowest BCUT2D eigenvalue weighted by Gasteiger charge is -2.15. The molecular weight excluding hydrogens is 449 g/mol. The van der Waals surface area contributed by atoms with Gasteiger partial charge in [-0.25, -0.2) is 0 Å². The summed E-state index contributed by atoms with van der Waals surface area (Å²) in [6, 6.07) is -0.301. The van der Waals surface area contributed by atoms with Gasteiger partial charge in [0.1, 0.15) is 17.6 Å². The first-order chi connectivity index (χ1) is 10.3. The molecule has 0 heterocycles. The van der Waals surface area contributed by atoms with Crippen LogP contribution in [0.1, 0.15) is 49.5 Å². The number of rotatable bonds is 6. The third-order valence-corrected chi connectivity index (χ3v) is 3.54. The van der Waals surface area contributed by atoms with E-state index in [0.717, 1.165) is 0 Å². The number of halogens is 1. The molecule has 0 radical (unpaired) electrons. The highest BCUT2D eigenvalue weighted by atomic mass is 127. The smallest absolute Gasteiger partial charge is 0.320 e. The Labute approximate surface area is 178 Å². The van der Waals surface area contributed by atoms with Gasteiger partial charge in [0, 0.05) is 0 Å². The minimum Gasteiger partial charge on any atom is -0.480 e. The van der Waals surface area contributed by atoms with Gasteiger partial charge in [-0.3, -0.25) is 24.2 Å². The molecule has 0 aliphatic carbocycles. The van der Waals surface area contributed by atoms with E-state index < -0.39 is 5.97 Å². The summed E-state index contributed by atoms with van der Waals surface area (Å²) in [4.78, 5) is 34.5. The van der Waals surface area contributed by atoms with E-state index in [4.69, 9.17) is 5.11 Å². The summed E-state index contributed by atoms with van der Waals surface area (Å²) in [5, 5.41) is 11.1. The van der Waals surface area contributed by atoms with Crippen molar-refractivity contribution >= 4 is 41.5 Å². The maximum absolute atomic E-state index is 10.5. The molecule has 0 bridgehead atoms. The fraction of sp³-hybridized carbons (Fsp3) is 0.833. The highest BCUT2D eigenvalue weighted by Gasteiger charge is 2.11. The van der Waals surface area contributed by atoms with Gasteiger partial charge in [-0.1, -0.05) is 14.9 Å². The molecule has 3 unspecified atom stereocenters. The van der Waals surface area contributed by atoms with Crippen LogP contribution in [0.4, 0.5) is 0 Å². The van der Waals surface area contributed by atoms with Gasteiger partial charge >= 0.3 is 5.97 Å². The lowest BCUT2D eigenvalue weighted by Crippen LogP contribution is -2.32. The second kappa shape index (κ2) is 22.5. The van der Waals surface area contributed by atoms with Crippen molar-refractivity contribution in [1.29, 1.82) is 0 Å². The topological polar surface area (TPSA) is 89.9 Å². The third-order valence-electron chi connectivity index (χ3n) is 3.54. The predicted molar refractivity (Wildman–Crippen MR) is 123 cm³/mol. The van der Waals surface area contributed by atoms with Gasteiger partial charge in [0.05, 0.1) is 12.1 Å². The van der Waals surface area contributed by atoms with Crippen molar-refractivity contribution in [3.63, 3.8) is 0 Å². The monoisotopic (exact) mass is 493 g/mol. The Bertz CT molecular complexity index is 340. The molecule has 162 valence electrons. The van der Waals surface area contributed by atoms with E-state index in [1.807, 2.05) is 32.8 Å². The van der Waals surface area contributed by atoms with Crippen LogP contribution in [0, 0.1) is 0 Å². The van der Waals surface area contributed by atoms with E-state index in [-0.39, 0.29) is 68.5 Å². The number of carboxylic acid groups (broad SMARTS) is 1. The van der Waals surface area contributed by atoms with Crippen molar-refractivity contribution in [2.45, 2.75) is 67.6 Å². The summed E-state index contributed by atoms with van der Waals surface area (Å²) in [5.41, 5.74) is 0. The SMILES string of the molecule is C.C.CC(=O)C(C)N(C)C.CC(C(=O)O)N(C)C.CNC(C)C(C)=O.I. The maximum Gasteiger partial charge on any atom is 0.320 e. The molecule has 0 spiro atoms. The average Bonchev–Trinajstić information content (AvgIpc) is 2.45. The minimum absolute atomic E-state index is 0. The molecule has 7 nitrogen and oxygen atoms in total. The maximum atomic E-state index is 10.5. The number of hydrogen-bond donors (Lipinski definition) is 2. The van der Waals surface area contributed by atoms with Gasteiger partial charge in [0.25, 0.3) is 0 Å². The van der Waals surface area contributed by atoms with Gasteiger partial charge in [-0.2, -0.15) is 0 Å². The zero-order chi connectivity index (χ0) is 19.3. The number of ketones is 2. The average molecular weight is 493 g/mol. The van der Waals surface area contributed by atoms with E-state index in [0.29, 0.717) is 0 Å². The van der Waals surface area contributed by atoms with Crippen LogP contribution in [0.3, 0.4) is 0 Å². The molecule has 0 amide bonds. The summed E-state index contributed by atoms with van der Waals surface area (Å²) < 4.78 is 0. The highest BCUT2D eigenvalue weighted by Crippen LogP contribution is 1.90. The number of nitrogens with one attached hydrogen (secondary N) is 1. The molecule has 0 aromatic rings. The Balaban J connectivity index is -0.0000000547. The zero-order valence-corrected chi connectivity index (χ0v) is 19.0. The summed E-state index contributed by atoms with van der Waals surface area (Å²) in [6.45, 7) is 8.54. The van der Waals surface area contributed by atoms with Crippen LogP contribution >= 0.6 is 24.0 Å². The number of carbonyl (C=O) groups is 3. The number of likely N-dealkylation sites (N-methyl/N-ethyl adjacent to an activating group) is 3. The Morgan fingerprint density at radius 2 is 1.12 bits per heavy atom. The van der Waals surface area contributed by atoms with Crippen LogP contribution in [0.25, 0.3) is 0 Å². The van der Waals surface area contributed by atoms with Gasteiger partial charge in [-0.05, 0) is 69.9 Å². The fourth-order valence-electron chi connectivity index (χ4n) is 0.788. The van der Waals surface area contributed by atoms with Crippen molar-refractivity contribution in [3.05, 3.63) is 0 Å². The molecular formula is C18H44IN3O4. The summed E-state index contributed by atoms with van der Waals surface area (Å²) in [5.74, 6) is -0.382. The summed E-state index contributed by atoms with van der Waals surface area (Å²) >= 11 is 0. The largest absolute Gasteiger partial charge is 0.480 e. The molecule has 0 aliphatic rings. The van der Waals surface area contributed by atoms with Crippen LogP contribution in [-0.4, -0.2) is 85.8 Å². The van der Waals surface area contributed by atoms with Crippen LogP contribution in [0.2, 0.25) is 0 Å². The Morgan fingerprint density at radius 1 is 0.808 bits per heavy atom. The van der Waals surface area contributed by atoms with Gasteiger partial charge in [0.2, 0.25) is 0 Å². The van der Waals surface area contributed by atoms with E-state index >= 15 is 0 Å². The van der Waals surface area contributed by atoms with Crippen LogP contribution in [0.5, 0.6) is 0 Å². The van der Waals surface area contributed by atoms with Crippen molar-refractivity contribution in [2.75, 3.05) is 35.2 Å². The first-order valence-corrected chi connectivity index (χ1v) is 7.53. The quantitative estimate of drug-likeness (QED) is 0.550. The van der Waals surface area contributed by atoms with Crippen molar-refractivity contribution in [2.24, 2.45) is 0 Å². The third kappa shape index (κ3) is 25.7. The molecule has 2 N–H and O–H groups in total. The molecule has 0 fully saturated rings. The van der Waals surface area contributed by atoms with Crippen LogP contribution < -0.4 is 5.32 Å². The Morgan fingerprint density at radius 3 is 1.12 bits per heavy atom. The molecule has 3 atom stereocenters. The van der Waals surface area contributed by atoms with E-state index in [9.17, 15) is 14.4 Å². The molecule has 0 saturated heterocycles. The minimum atomic E-state index is -0.782. The fourth-order valence-corrected chi connectivity index (χ4v) is 0.788. The zero-order valence-electron chi connectivity index (χ0n) is 16.7. The van der Waals surface area contributed by atoms with Gasteiger partial charge in [-0.15, -0.1) is 24.0 Å². The first-order valence-electron chi connectivity index (χ1n) is 7.53. The highest BCUT2D eigenvalue weighted by molar-refractivity contribution is 14.0. The molecule has 0 saturated carbocycles. The molecule has 0 rings (SSSR count). The summed E-state index contributed by atoms with van der Waals surface area (Å²) in [7, 11) is 9.03. The number of Topliss-reactive ketones (excluding diaryl/α,β-unsaturated/α-hetero) is 2. The molecule has 0 aromatic carbocycles. The first kappa shape index (κ1) is 40.2. The van der Waals surface area contributed by atoms with Crippen LogP contribution in [0.15, 0.2) is 0 Å². The number of nitrogens with zero attached hydrogens (tertiary/aromatic N) is 2. The molecule has 0 aromatic heterocycles. The van der Waals surface area contributed by atoms with E-state index in [2.05, 4.69) is 5.32 Å². The lowest BCUT2D eigenvalue weighted by atomic mass is 10.2. The van der Waals surface area contributed by atoms with Crippen molar-refractivity contribution in [1.82, 2.24) is 15.1 Å². The standard InChI is InChI=1S/C6H13NO.C5H11NO2.C5H11NO.2CH4.HI/c1-5(6(2)8)7(3)4;1-4(5(7)8)6(2)3;1-4(6-3)5(2)7;;;/h5H,1-4H3;4H,1-3H3,(H,7,8);4,6H,1-3H3;2*1H4;1H. The predicted octanol–water partition coefficient (Wildman–Crippen LogP) is 2.62. The Kier molecular flexibility index (Phi) is 34.7. The van der Waals surface area contributed by atoms with E-state index in [1.54, 1.807) is 46.8 Å². The molecule has 8 heteroatoms.